The van der Waals surface area contributed by atoms with Gasteiger partial charge in [0.25, 0.3) is 5.91 Å². The van der Waals surface area contributed by atoms with Crippen LogP contribution < -0.4 is 5.32 Å². The Labute approximate surface area is 158 Å². The van der Waals surface area contributed by atoms with E-state index in [0.29, 0.717) is 5.56 Å². The van der Waals surface area contributed by atoms with Crippen LogP contribution in [0.1, 0.15) is 64.7 Å². The SMILES string of the molecule is CC(=O)c1cc(C(=O)O[C@H](C)C(=O)N[C@@H]2CCCc3ccccc32)n(C)c1. The maximum absolute atomic E-state index is 12.5. The molecular formula is C21H24N2O4. The third kappa shape index (κ3) is 4.10. The van der Waals surface area contributed by atoms with Crippen molar-refractivity contribution in [3.8, 4) is 0 Å². The normalized spacial score (nSPS) is 16.9. The average Bonchev–Trinajstić information content (AvgIpc) is 3.04. The molecule has 142 valence electrons. The van der Waals surface area contributed by atoms with Gasteiger partial charge in [0.05, 0.1) is 6.04 Å². The smallest absolute Gasteiger partial charge is 0.355 e. The van der Waals surface area contributed by atoms with E-state index < -0.39 is 12.1 Å². The van der Waals surface area contributed by atoms with Gasteiger partial charge in [-0.3, -0.25) is 9.59 Å². The summed E-state index contributed by atoms with van der Waals surface area (Å²) in [6, 6.07) is 9.50. The molecule has 27 heavy (non-hydrogen) atoms. The van der Waals surface area contributed by atoms with Gasteiger partial charge in [-0.05, 0) is 50.3 Å². The number of carbonyl (C=O) groups excluding carboxylic acids is 3. The molecule has 1 aromatic heterocycles. The molecule has 2 aromatic rings. The quantitative estimate of drug-likeness (QED) is 0.650. The van der Waals surface area contributed by atoms with Crippen LogP contribution in [-0.2, 0) is 23.0 Å². The van der Waals surface area contributed by atoms with E-state index in [1.165, 1.54) is 23.1 Å². The standard InChI is InChI=1S/C21H24N2O4/c1-13(24)16-11-19(23(3)12-16)21(26)27-14(2)20(25)22-18-10-6-8-15-7-4-5-9-17(15)18/h4-5,7,9,11-12,14,18H,6,8,10H2,1-3H3,(H,22,25)/t14-,18-/m1/s1. The fraction of sp³-hybridized carbons (Fsp3) is 0.381. The summed E-state index contributed by atoms with van der Waals surface area (Å²) in [5, 5.41) is 2.99. The topological polar surface area (TPSA) is 77.4 Å². The van der Waals surface area contributed by atoms with Crippen molar-refractivity contribution in [2.24, 2.45) is 7.05 Å². The van der Waals surface area contributed by atoms with Crippen molar-refractivity contribution >= 4 is 17.7 Å². The average molecular weight is 368 g/mol. The number of aromatic nitrogens is 1. The Morgan fingerprint density at radius 3 is 2.70 bits per heavy atom. The van der Waals surface area contributed by atoms with Crippen molar-refractivity contribution in [1.29, 1.82) is 0 Å². The van der Waals surface area contributed by atoms with E-state index in [4.69, 9.17) is 4.74 Å². The number of hydrogen-bond donors (Lipinski definition) is 1. The third-order valence-corrected chi connectivity index (χ3v) is 4.96. The van der Waals surface area contributed by atoms with E-state index in [1.54, 1.807) is 20.2 Å². The monoisotopic (exact) mass is 368 g/mol. The first kappa shape index (κ1) is 18.9. The molecule has 0 bridgehead atoms. The Balaban J connectivity index is 1.65. The minimum absolute atomic E-state index is 0.0667. The Morgan fingerprint density at radius 2 is 2.00 bits per heavy atom. The number of ketones is 1. The number of amides is 1. The van der Waals surface area contributed by atoms with E-state index in [0.717, 1.165) is 24.8 Å². The number of rotatable bonds is 5. The number of Topliss-reactive ketones (excluding diaryl/α,β-unsaturated/α-hetero) is 1. The second-order valence-electron chi connectivity index (χ2n) is 6.98. The lowest BCUT2D eigenvalue weighted by Crippen LogP contribution is -2.39. The molecule has 0 saturated carbocycles. The number of hydrogen-bond acceptors (Lipinski definition) is 4. The lowest BCUT2D eigenvalue weighted by Gasteiger charge is -2.27. The lowest BCUT2D eigenvalue weighted by molar-refractivity contribution is -0.130. The number of fused-ring (bicyclic) bond motifs is 1. The summed E-state index contributed by atoms with van der Waals surface area (Å²) in [6.07, 6.45) is 3.53. The molecule has 1 aliphatic carbocycles. The minimum atomic E-state index is -0.928. The molecule has 1 aromatic carbocycles. The summed E-state index contributed by atoms with van der Waals surface area (Å²) in [5.41, 5.74) is 3.05. The van der Waals surface area contributed by atoms with Crippen LogP contribution in [0, 0.1) is 0 Å². The van der Waals surface area contributed by atoms with E-state index in [1.807, 2.05) is 18.2 Å². The van der Waals surface area contributed by atoms with Crippen molar-refractivity contribution in [3.05, 3.63) is 58.9 Å². The molecule has 0 fully saturated rings. The molecule has 6 heteroatoms. The summed E-state index contributed by atoms with van der Waals surface area (Å²) >= 11 is 0. The molecule has 1 aliphatic rings. The molecule has 3 rings (SSSR count). The zero-order chi connectivity index (χ0) is 19.6. The van der Waals surface area contributed by atoms with E-state index in [9.17, 15) is 14.4 Å². The molecule has 0 aliphatic heterocycles. The van der Waals surface area contributed by atoms with E-state index in [-0.39, 0.29) is 23.4 Å². The van der Waals surface area contributed by atoms with Crippen LogP contribution in [0.2, 0.25) is 0 Å². The van der Waals surface area contributed by atoms with Gasteiger partial charge >= 0.3 is 5.97 Å². The fourth-order valence-electron chi connectivity index (χ4n) is 3.43. The van der Waals surface area contributed by atoms with Gasteiger partial charge in [-0.15, -0.1) is 0 Å². The van der Waals surface area contributed by atoms with Crippen LogP contribution in [0.15, 0.2) is 36.5 Å². The zero-order valence-corrected chi connectivity index (χ0v) is 15.8. The van der Waals surface area contributed by atoms with Gasteiger partial charge in [-0.2, -0.15) is 0 Å². The largest absolute Gasteiger partial charge is 0.448 e. The Morgan fingerprint density at radius 1 is 1.26 bits per heavy atom. The van der Waals surface area contributed by atoms with Crippen LogP contribution in [-0.4, -0.2) is 28.3 Å². The van der Waals surface area contributed by atoms with Crippen molar-refractivity contribution in [1.82, 2.24) is 9.88 Å². The Bertz CT molecular complexity index is 884. The molecule has 1 heterocycles. The van der Waals surface area contributed by atoms with Gasteiger partial charge in [0.2, 0.25) is 0 Å². The molecular weight excluding hydrogens is 344 g/mol. The maximum Gasteiger partial charge on any atom is 0.355 e. The van der Waals surface area contributed by atoms with Crippen molar-refractivity contribution < 1.29 is 19.1 Å². The number of esters is 1. The number of carbonyl (C=O) groups is 3. The highest BCUT2D eigenvalue weighted by atomic mass is 16.5. The first-order chi connectivity index (χ1) is 12.9. The van der Waals surface area contributed by atoms with Crippen LogP contribution >= 0.6 is 0 Å². The van der Waals surface area contributed by atoms with Crippen molar-refractivity contribution in [2.45, 2.75) is 45.3 Å². The Hall–Kier alpha value is -2.89. The minimum Gasteiger partial charge on any atom is -0.448 e. The molecule has 1 amide bonds. The molecule has 6 nitrogen and oxygen atoms in total. The summed E-state index contributed by atoms with van der Waals surface area (Å²) in [7, 11) is 1.66. The second kappa shape index (κ2) is 7.78. The number of ether oxygens (including phenoxy) is 1. The predicted octanol–water partition coefficient (Wildman–Crippen LogP) is 2.97. The van der Waals surface area contributed by atoms with Crippen LogP contribution in [0.4, 0.5) is 0 Å². The highest BCUT2D eigenvalue weighted by molar-refractivity contribution is 5.98. The first-order valence-corrected chi connectivity index (χ1v) is 9.13. The lowest BCUT2D eigenvalue weighted by atomic mass is 9.87. The molecule has 0 saturated heterocycles. The zero-order valence-electron chi connectivity index (χ0n) is 15.8. The summed E-state index contributed by atoms with van der Waals surface area (Å²) in [6.45, 7) is 2.99. The van der Waals surface area contributed by atoms with E-state index in [2.05, 4.69) is 11.4 Å². The fourth-order valence-corrected chi connectivity index (χ4v) is 3.43. The Kier molecular flexibility index (Phi) is 5.44. The number of nitrogens with one attached hydrogen (secondary N) is 1. The molecule has 0 radical (unpaired) electrons. The third-order valence-electron chi connectivity index (χ3n) is 4.96. The van der Waals surface area contributed by atoms with Gasteiger partial charge in [0, 0.05) is 18.8 Å². The van der Waals surface area contributed by atoms with Gasteiger partial charge in [-0.25, -0.2) is 4.79 Å². The first-order valence-electron chi connectivity index (χ1n) is 9.13. The number of nitrogens with zero attached hydrogens (tertiary/aromatic N) is 1. The van der Waals surface area contributed by atoms with Gasteiger partial charge in [0.1, 0.15) is 5.69 Å². The molecule has 1 N–H and O–H groups in total. The summed E-state index contributed by atoms with van der Waals surface area (Å²) in [4.78, 5) is 36.4. The van der Waals surface area contributed by atoms with E-state index >= 15 is 0 Å². The van der Waals surface area contributed by atoms with Gasteiger partial charge in [0.15, 0.2) is 11.9 Å². The highest BCUT2D eigenvalue weighted by Crippen LogP contribution is 2.29. The molecule has 2 atom stereocenters. The van der Waals surface area contributed by atoms with Crippen LogP contribution in [0.25, 0.3) is 0 Å². The van der Waals surface area contributed by atoms with Crippen molar-refractivity contribution in [2.75, 3.05) is 0 Å². The predicted molar refractivity (Wildman–Crippen MR) is 101 cm³/mol. The van der Waals surface area contributed by atoms with Crippen molar-refractivity contribution in [3.63, 3.8) is 0 Å². The van der Waals surface area contributed by atoms with Gasteiger partial charge in [-0.1, -0.05) is 24.3 Å². The number of aryl methyl sites for hydroxylation is 2. The van der Waals surface area contributed by atoms with Crippen LogP contribution in [0.3, 0.4) is 0 Å². The van der Waals surface area contributed by atoms with Crippen LogP contribution in [0.5, 0.6) is 0 Å². The number of benzene rings is 1. The van der Waals surface area contributed by atoms with Gasteiger partial charge < -0.3 is 14.6 Å². The summed E-state index contributed by atoms with van der Waals surface area (Å²) in [5.74, 6) is -1.09. The second-order valence-corrected chi connectivity index (χ2v) is 6.98. The highest BCUT2D eigenvalue weighted by Gasteiger charge is 2.26. The maximum atomic E-state index is 12.5. The molecule has 0 spiro atoms. The molecule has 0 unspecified atom stereocenters. The summed E-state index contributed by atoms with van der Waals surface area (Å²) < 4.78 is 6.85.